The van der Waals surface area contributed by atoms with Gasteiger partial charge in [0.15, 0.2) is 0 Å². The fourth-order valence-corrected chi connectivity index (χ4v) is 19.4. The molecule has 0 N–H and O–H groups in total. The molecule has 4 aliphatic carbocycles. The first-order chi connectivity index (χ1) is 24.5. The Bertz CT molecular complexity index is 2210. The van der Waals surface area contributed by atoms with Gasteiger partial charge >= 0.3 is 319 Å². The second-order valence-electron chi connectivity index (χ2n) is 17.8. The first kappa shape index (κ1) is 40.7. The normalized spacial score (nSPS) is 18.5. The van der Waals surface area contributed by atoms with E-state index in [1.807, 2.05) is 24.3 Å². The number of halogens is 4. The molecule has 0 fully saturated rings. The fraction of sp³-hybridized carbons (Fsp3) is 0.327. The first-order valence-corrected chi connectivity index (χ1v) is 22.8. The smallest absolute Gasteiger partial charge is 1.00 e. The molecule has 4 aliphatic rings. The van der Waals surface area contributed by atoms with Crippen molar-refractivity contribution in [2.24, 2.45) is 11.3 Å². The minimum atomic E-state index is -3.24. The maximum atomic E-state index is 14.7. The van der Waals surface area contributed by atoms with Crippen LogP contribution in [-0.2, 0) is 32.1 Å². The minimum absolute atomic E-state index is 0. The molecule has 54 heavy (non-hydrogen) atoms. The molecule has 0 amide bonds. The molecule has 0 saturated heterocycles. The molecule has 0 spiro atoms. The molecule has 4 aromatic rings. The van der Waals surface area contributed by atoms with Crippen LogP contribution in [0, 0.1) is 23.0 Å². The number of allylic oxidation sites excluding steroid dienone is 8. The van der Waals surface area contributed by atoms with Crippen molar-refractivity contribution in [3.05, 3.63) is 162 Å². The second kappa shape index (κ2) is 14.2. The summed E-state index contributed by atoms with van der Waals surface area (Å²) in [4.78, 5) is 0. The second-order valence-corrected chi connectivity index (χ2v) is 23.9. The van der Waals surface area contributed by atoms with Crippen molar-refractivity contribution in [3.8, 4) is 11.1 Å². The standard InChI is InChI=1S/C25H25.C13H8F2.C11H17.2ClH.Zr/c1-14-12-24(3,4)22-8-16-7-17-9-23-19(15(2)13-25(23,5)6)11-21(17)20(16)10-18(14)22;14-12-5-1-10(2-6-12)9-11-3-7-13(15)8-4-11;1-5-9-6-7-10(8-9)11(2,3)4;;;/h7-13H,1-6H3;1-8H;7-9H,5H2,1-4H3;2*1H;/q;;;;;+2/p-2. The Kier molecular flexibility index (Phi) is 10.7. The van der Waals surface area contributed by atoms with Crippen molar-refractivity contribution in [3.63, 3.8) is 0 Å². The van der Waals surface area contributed by atoms with E-state index in [0.717, 1.165) is 17.5 Å². The van der Waals surface area contributed by atoms with Crippen molar-refractivity contribution in [1.29, 1.82) is 0 Å². The Morgan fingerprint density at radius 3 is 1.48 bits per heavy atom. The molecule has 0 aromatic heterocycles. The summed E-state index contributed by atoms with van der Waals surface area (Å²) in [7, 11) is 0. The predicted octanol–water partition coefficient (Wildman–Crippen LogP) is 7.22. The molecule has 8 rings (SSSR count). The zero-order valence-corrected chi connectivity index (χ0v) is 37.1. The van der Waals surface area contributed by atoms with Gasteiger partial charge in [0.1, 0.15) is 0 Å². The van der Waals surface area contributed by atoms with Crippen LogP contribution in [0.4, 0.5) is 8.78 Å². The summed E-state index contributed by atoms with van der Waals surface area (Å²) < 4.78 is 32.4. The third-order valence-corrected chi connectivity index (χ3v) is 20.7. The van der Waals surface area contributed by atoms with Gasteiger partial charge in [0.25, 0.3) is 0 Å². The SMILES string of the molecule is CCC1C=C(C(C)(C)C)C=[C]1[Zr+2](=[C](c1ccc(F)cc1)c1ccc(F)cc1)[CH]1c2cc3c(cc2-c2cc4c(cc21)C(C)(C)C=C4C)C(C)=CC3(C)C.[Cl-].[Cl-]. The Morgan fingerprint density at radius 2 is 1.09 bits per heavy atom. The van der Waals surface area contributed by atoms with Crippen LogP contribution >= 0.6 is 0 Å². The van der Waals surface area contributed by atoms with E-state index < -0.39 is 21.3 Å². The number of fused-ring (bicyclic) bond motifs is 5. The summed E-state index contributed by atoms with van der Waals surface area (Å²) in [6, 6.07) is 24.4. The van der Waals surface area contributed by atoms with Crippen molar-refractivity contribution in [1.82, 2.24) is 0 Å². The summed E-state index contributed by atoms with van der Waals surface area (Å²) in [5.41, 5.74) is 17.2. The van der Waals surface area contributed by atoms with Gasteiger partial charge in [-0.25, -0.2) is 0 Å². The van der Waals surface area contributed by atoms with E-state index in [1.54, 1.807) is 27.5 Å². The summed E-state index contributed by atoms with van der Waals surface area (Å²) >= 11 is -3.24. The molecular weight excluding hydrogens is 789 g/mol. The molecule has 0 nitrogen and oxygen atoms in total. The van der Waals surface area contributed by atoms with Gasteiger partial charge in [-0.2, -0.15) is 0 Å². The van der Waals surface area contributed by atoms with Gasteiger partial charge in [-0.15, -0.1) is 0 Å². The van der Waals surface area contributed by atoms with Crippen LogP contribution in [0.5, 0.6) is 0 Å². The van der Waals surface area contributed by atoms with Gasteiger partial charge < -0.3 is 24.8 Å². The van der Waals surface area contributed by atoms with Crippen LogP contribution in [-0.4, -0.2) is 3.21 Å². The van der Waals surface area contributed by atoms with Crippen molar-refractivity contribution >= 4 is 14.4 Å². The van der Waals surface area contributed by atoms with E-state index in [1.165, 1.54) is 64.4 Å². The van der Waals surface area contributed by atoms with E-state index in [4.69, 9.17) is 0 Å². The van der Waals surface area contributed by atoms with Gasteiger partial charge in [0.05, 0.1) is 0 Å². The number of benzene rings is 4. The third kappa shape index (κ3) is 6.59. The third-order valence-electron chi connectivity index (χ3n) is 12.2. The number of hydrogen-bond acceptors (Lipinski definition) is 0. The molecule has 0 heterocycles. The van der Waals surface area contributed by atoms with Crippen molar-refractivity contribution < 1.29 is 54.9 Å². The summed E-state index contributed by atoms with van der Waals surface area (Å²) in [6.07, 6.45) is 11.0. The van der Waals surface area contributed by atoms with Crippen molar-refractivity contribution in [2.75, 3.05) is 0 Å². The Balaban J connectivity index is 0.00000249. The molecule has 5 heteroatoms. The summed E-state index contributed by atoms with van der Waals surface area (Å²) in [5, 5.41) is 0. The largest absolute Gasteiger partial charge is 1.00 e. The molecule has 1 unspecified atom stereocenters. The Hall–Kier alpha value is -2.97. The minimum Gasteiger partial charge on any atom is -1.00 e. The Labute approximate surface area is 341 Å². The number of hydrogen-bond donors (Lipinski definition) is 0. The summed E-state index contributed by atoms with van der Waals surface area (Å²) in [5.74, 6) is -0.168. The molecule has 0 bridgehead atoms. The Morgan fingerprint density at radius 1 is 0.667 bits per heavy atom. The van der Waals surface area contributed by atoms with Crippen LogP contribution in [0.25, 0.3) is 22.3 Å². The van der Waals surface area contributed by atoms with E-state index in [-0.39, 0.29) is 56.3 Å². The molecule has 0 saturated carbocycles. The van der Waals surface area contributed by atoms with Crippen LogP contribution in [0.15, 0.2) is 106 Å². The van der Waals surface area contributed by atoms with Gasteiger partial charge in [0, 0.05) is 0 Å². The maximum Gasteiger partial charge on any atom is -1.00 e. The maximum absolute atomic E-state index is 14.7. The molecule has 0 aliphatic heterocycles. The fourth-order valence-electron chi connectivity index (χ4n) is 9.64. The molecular formula is C49H50Cl2F2Zr. The van der Waals surface area contributed by atoms with E-state index in [2.05, 4.69) is 118 Å². The average molecular weight is 839 g/mol. The molecule has 1 atom stereocenters. The van der Waals surface area contributed by atoms with E-state index >= 15 is 0 Å². The molecule has 4 aromatic carbocycles. The number of rotatable bonds is 5. The topological polar surface area (TPSA) is 0 Å². The zero-order chi connectivity index (χ0) is 37.1. The molecule has 0 radical (unpaired) electrons. The van der Waals surface area contributed by atoms with Crippen LogP contribution in [0.2, 0.25) is 0 Å². The van der Waals surface area contributed by atoms with Gasteiger partial charge in [-0.05, 0) is 0 Å². The van der Waals surface area contributed by atoms with Crippen molar-refractivity contribution in [2.45, 2.75) is 90.1 Å². The first-order valence-electron chi connectivity index (χ1n) is 19.0. The van der Waals surface area contributed by atoms with Gasteiger partial charge in [-0.1, -0.05) is 0 Å². The quantitative estimate of drug-likeness (QED) is 0.200. The average Bonchev–Trinajstić information content (AvgIpc) is 3.78. The van der Waals surface area contributed by atoms with E-state index in [9.17, 15) is 8.78 Å². The van der Waals surface area contributed by atoms with Crippen LogP contribution in [0.1, 0.15) is 124 Å². The molecule has 278 valence electrons. The predicted molar refractivity (Wildman–Crippen MR) is 212 cm³/mol. The van der Waals surface area contributed by atoms with Crippen LogP contribution in [0.3, 0.4) is 0 Å². The van der Waals surface area contributed by atoms with E-state index in [0.29, 0.717) is 5.92 Å². The van der Waals surface area contributed by atoms with Gasteiger partial charge in [0.2, 0.25) is 0 Å². The summed E-state index contributed by atoms with van der Waals surface area (Å²) in [6.45, 7) is 23.2. The van der Waals surface area contributed by atoms with Gasteiger partial charge in [-0.3, -0.25) is 0 Å². The van der Waals surface area contributed by atoms with Crippen LogP contribution < -0.4 is 24.8 Å². The zero-order valence-electron chi connectivity index (χ0n) is 33.1. The monoisotopic (exact) mass is 836 g/mol.